The highest BCUT2D eigenvalue weighted by Gasteiger charge is 2.14. The van der Waals surface area contributed by atoms with Crippen LogP contribution in [0.5, 0.6) is 11.5 Å². The van der Waals surface area contributed by atoms with E-state index in [9.17, 15) is 9.90 Å². The Labute approximate surface area is 148 Å². The molecule has 2 rings (SSSR count). The summed E-state index contributed by atoms with van der Waals surface area (Å²) in [5, 5.41) is 13.6. The summed E-state index contributed by atoms with van der Waals surface area (Å²) in [5.41, 5.74) is 4.97. The number of nitrogens with zero attached hydrogens (tertiary/aromatic N) is 1. The summed E-state index contributed by atoms with van der Waals surface area (Å²) in [6, 6.07) is 12.4. The van der Waals surface area contributed by atoms with Crippen LogP contribution in [-0.4, -0.2) is 23.8 Å². The number of hydrogen-bond acceptors (Lipinski definition) is 4. The first kappa shape index (κ1) is 18.5. The second-order valence-corrected chi connectivity index (χ2v) is 6.69. The van der Waals surface area contributed by atoms with E-state index in [1.54, 1.807) is 24.3 Å². The Balaban J connectivity index is 2.02. The van der Waals surface area contributed by atoms with E-state index >= 15 is 0 Å². The number of rotatable bonds is 5. The van der Waals surface area contributed by atoms with Gasteiger partial charge in [-0.05, 0) is 53.8 Å². The summed E-state index contributed by atoms with van der Waals surface area (Å²) in [5.74, 6) is 0.179. The fourth-order valence-corrected chi connectivity index (χ4v) is 2.23. The largest absolute Gasteiger partial charge is 0.504 e. The number of hydrazone groups is 1. The van der Waals surface area contributed by atoms with E-state index in [2.05, 4.69) is 31.3 Å². The van der Waals surface area contributed by atoms with Crippen molar-refractivity contribution in [3.8, 4) is 11.5 Å². The highest BCUT2D eigenvalue weighted by Crippen LogP contribution is 2.26. The zero-order chi connectivity index (χ0) is 18.4. The van der Waals surface area contributed by atoms with Crippen molar-refractivity contribution in [2.45, 2.75) is 33.1 Å². The minimum absolute atomic E-state index is 0.0459. The lowest BCUT2D eigenvalue weighted by atomic mass is 9.87. The molecule has 132 valence electrons. The molecule has 5 heteroatoms. The molecule has 2 N–H and O–H groups in total. The zero-order valence-electron chi connectivity index (χ0n) is 15.0. The lowest BCUT2D eigenvalue weighted by Crippen LogP contribution is -2.18. The first-order valence-corrected chi connectivity index (χ1v) is 8.21. The van der Waals surface area contributed by atoms with Gasteiger partial charge in [0.25, 0.3) is 5.91 Å². The van der Waals surface area contributed by atoms with Crippen LogP contribution in [0.25, 0.3) is 0 Å². The predicted octanol–water partition coefficient (Wildman–Crippen LogP) is 3.85. The Morgan fingerprint density at radius 2 is 1.88 bits per heavy atom. The predicted molar refractivity (Wildman–Crippen MR) is 99.5 cm³/mol. The van der Waals surface area contributed by atoms with Gasteiger partial charge in [0.1, 0.15) is 0 Å². The summed E-state index contributed by atoms with van der Waals surface area (Å²) in [4.78, 5) is 12.1. The third-order valence-corrected chi connectivity index (χ3v) is 3.68. The van der Waals surface area contributed by atoms with Gasteiger partial charge in [0.2, 0.25) is 0 Å². The molecule has 0 aliphatic rings. The lowest BCUT2D eigenvalue weighted by molar-refractivity contribution is 0.0955. The summed E-state index contributed by atoms with van der Waals surface area (Å²) in [6.45, 7) is 8.67. The van der Waals surface area contributed by atoms with Crippen LogP contribution in [0.15, 0.2) is 47.6 Å². The Morgan fingerprint density at radius 3 is 2.48 bits per heavy atom. The molecule has 0 spiro atoms. The van der Waals surface area contributed by atoms with Gasteiger partial charge < -0.3 is 9.84 Å². The number of amides is 1. The Morgan fingerprint density at radius 1 is 1.20 bits per heavy atom. The zero-order valence-corrected chi connectivity index (χ0v) is 15.0. The first-order chi connectivity index (χ1) is 11.8. The van der Waals surface area contributed by atoms with Crippen LogP contribution < -0.4 is 10.2 Å². The highest BCUT2D eigenvalue weighted by atomic mass is 16.5. The third kappa shape index (κ3) is 5.08. The van der Waals surface area contributed by atoms with Crippen molar-refractivity contribution in [1.82, 2.24) is 5.43 Å². The average Bonchev–Trinajstić information content (AvgIpc) is 2.57. The van der Waals surface area contributed by atoms with Crippen LogP contribution in [0, 0.1) is 0 Å². The average molecular weight is 340 g/mol. The van der Waals surface area contributed by atoms with Gasteiger partial charge in [-0.1, -0.05) is 32.9 Å². The number of nitrogens with one attached hydrogen (secondary N) is 1. The third-order valence-electron chi connectivity index (χ3n) is 3.68. The number of phenols is 1. The van der Waals surface area contributed by atoms with E-state index in [1.165, 1.54) is 17.8 Å². The number of aromatic hydroxyl groups is 1. The number of phenolic OH excluding ortho intramolecular Hbond substituents is 1. The van der Waals surface area contributed by atoms with Crippen LogP contribution >= 0.6 is 0 Å². The molecule has 0 atom stereocenters. The van der Waals surface area contributed by atoms with Crippen LogP contribution in [0.1, 0.15) is 49.2 Å². The van der Waals surface area contributed by atoms with E-state index in [4.69, 9.17) is 4.74 Å². The van der Waals surface area contributed by atoms with E-state index in [-0.39, 0.29) is 17.1 Å². The number of benzene rings is 2. The lowest BCUT2D eigenvalue weighted by Gasteiger charge is -2.18. The van der Waals surface area contributed by atoms with Crippen LogP contribution in [-0.2, 0) is 5.41 Å². The van der Waals surface area contributed by atoms with Gasteiger partial charge in [0.05, 0.1) is 12.8 Å². The Hall–Kier alpha value is -2.82. The maximum absolute atomic E-state index is 12.1. The van der Waals surface area contributed by atoms with Gasteiger partial charge in [-0.15, -0.1) is 0 Å². The topological polar surface area (TPSA) is 70.9 Å². The van der Waals surface area contributed by atoms with E-state index < -0.39 is 0 Å². The monoisotopic (exact) mass is 340 g/mol. The van der Waals surface area contributed by atoms with Gasteiger partial charge in [-0.3, -0.25) is 4.79 Å². The van der Waals surface area contributed by atoms with Crippen molar-refractivity contribution >= 4 is 12.1 Å². The molecule has 0 aromatic heterocycles. The minimum Gasteiger partial charge on any atom is -0.504 e. The van der Waals surface area contributed by atoms with E-state index in [0.29, 0.717) is 23.5 Å². The number of carbonyl (C=O) groups is 1. The Bertz CT molecular complexity index is 760. The van der Waals surface area contributed by atoms with Crippen molar-refractivity contribution in [1.29, 1.82) is 0 Å². The summed E-state index contributed by atoms with van der Waals surface area (Å²) in [7, 11) is 0. The molecule has 5 nitrogen and oxygen atoms in total. The number of hydrogen-bond donors (Lipinski definition) is 2. The fraction of sp³-hybridized carbons (Fsp3) is 0.300. The molecule has 0 heterocycles. The van der Waals surface area contributed by atoms with Crippen LogP contribution in [0.2, 0.25) is 0 Å². The fourth-order valence-electron chi connectivity index (χ4n) is 2.23. The minimum atomic E-state index is -0.277. The van der Waals surface area contributed by atoms with Crippen molar-refractivity contribution in [3.63, 3.8) is 0 Å². The molecule has 25 heavy (non-hydrogen) atoms. The molecule has 0 saturated heterocycles. The van der Waals surface area contributed by atoms with Crippen molar-refractivity contribution in [2.75, 3.05) is 6.61 Å². The molecule has 0 unspecified atom stereocenters. The van der Waals surface area contributed by atoms with E-state index in [1.807, 2.05) is 19.1 Å². The normalized spacial score (nSPS) is 11.5. The summed E-state index contributed by atoms with van der Waals surface area (Å²) in [6.07, 6.45) is 1.50. The molecule has 0 aliphatic carbocycles. The van der Waals surface area contributed by atoms with Gasteiger partial charge in [-0.2, -0.15) is 5.10 Å². The van der Waals surface area contributed by atoms with Crippen molar-refractivity contribution in [3.05, 3.63) is 59.2 Å². The first-order valence-electron chi connectivity index (χ1n) is 8.21. The highest BCUT2D eigenvalue weighted by molar-refractivity contribution is 5.95. The van der Waals surface area contributed by atoms with Gasteiger partial charge in [0, 0.05) is 5.56 Å². The molecule has 2 aromatic rings. The van der Waals surface area contributed by atoms with Crippen LogP contribution in [0.3, 0.4) is 0 Å². The van der Waals surface area contributed by atoms with E-state index in [0.717, 1.165) is 0 Å². The quantitative estimate of drug-likeness (QED) is 0.641. The molecule has 0 saturated carbocycles. The molecular formula is C20H24N2O3. The van der Waals surface area contributed by atoms with Gasteiger partial charge in [0.15, 0.2) is 11.5 Å². The second-order valence-electron chi connectivity index (χ2n) is 6.69. The maximum Gasteiger partial charge on any atom is 0.271 e. The molecule has 1 amide bonds. The molecule has 0 aliphatic heterocycles. The Kier molecular flexibility index (Phi) is 5.80. The van der Waals surface area contributed by atoms with Crippen molar-refractivity contribution in [2.24, 2.45) is 5.10 Å². The molecule has 2 aromatic carbocycles. The molecule has 0 radical (unpaired) electrons. The van der Waals surface area contributed by atoms with Crippen molar-refractivity contribution < 1.29 is 14.6 Å². The SMILES string of the molecule is CCOc1cc(C=NNC(=O)c2ccc(C(C)(C)C)cc2)ccc1O. The van der Waals surface area contributed by atoms with Crippen LogP contribution in [0.4, 0.5) is 0 Å². The summed E-state index contributed by atoms with van der Waals surface area (Å²) < 4.78 is 5.31. The second kappa shape index (κ2) is 7.83. The smallest absolute Gasteiger partial charge is 0.271 e. The standard InChI is InChI=1S/C20H24N2O3/c1-5-25-18-12-14(6-11-17(18)23)13-21-22-19(24)15-7-9-16(10-8-15)20(2,3)4/h6-13,23H,5H2,1-4H3,(H,22,24). The molecule has 0 bridgehead atoms. The molecule has 0 fully saturated rings. The number of ether oxygens (including phenoxy) is 1. The molecular weight excluding hydrogens is 316 g/mol. The van der Waals surface area contributed by atoms with Gasteiger partial charge in [-0.25, -0.2) is 5.43 Å². The summed E-state index contributed by atoms with van der Waals surface area (Å²) >= 11 is 0. The number of carbonyl (C=O) groups excluding carboxylic acids is 1. The maximum atomic E-state index is 12.1. The van der Waals surface area contributed by atoms with Gasteiger partial charge >= 0.3 is 0 Å².